The minimum absolute atomic E-state index is 0. The highest BCUT2D eigenvalue weighted by atomic mass is 35.5. The van der Waals surface area contributed by atoms with Crippen molar-refractivity contribution in [3.05, 3.63) is 35.4 Å². The predicted molar refractivity (Wildman–Crippen MR) is 59.4 cm³/mol. The van der Waals surface area contributed by atoms with E-state index in [0.717, 1.165) is 6.42 Å². The second-order valence-electron chi connectivity index (χ2n) is 3.08. The first-order chi connectivity index (χ1) is 5.29. The Morgan fingerprint density at radius 2 is 1.31 bits per heavy atom. The van der Waals surface area contributed by atoms with Gasteiger partial charge >= 0.3 is 0 Å². The first-order valence-corrected chi connectivity index (χ1v) is 3.89. The van der Waals surface area contributed by atoms with Crippen LogP contribution in [0.3, 0.4) is 0 Å². The Morgan fingerprint density at radius 1 is 0.923 bits per heavy atom. The van der Waals surface area contributed by atoms with Crippen molar-refractivity contribution in [2.24, 2.45) is 11.5 Å². The molecule has 0 spiro atoms. The number of rotatable bonds is 0. The summed E-state index contributed by atoms with van der Waals surface area (Å²) in [5.74, 6) is 0. The summed E-state index contributed by atoms with van der Waals surface area (Å²) in [5.41, 5.74) is 14.2. The molecule has 0 radical (unpaired) electrons. The molecule has 1 aliphatic carbocycles. The standard InChI is InChI=1S/C9H12N2.2ClH/c10-8-5-9(11)7-4-2-1-3-6(7)8;;/h1-4,8-9H,5,10-11H2;2*1H. The van der Waals surface area contributed by atoms with Crippen LogP contribution in [0.4, 0.5) is 0 Å². The number of nitrogens with two attached hydrogens (primary N) is 2. The minimum Gasteiger partial charge on any atom is -0.324 e. The van der Waals surface area contributed by atoms with Gasteiger partial charge in [-0.15, -0.1) is 24.8 Å². The van der Waals surface area contributed by atoms with E-state index in [2.05, 4.69) is 12.1 Å². The van der Waals surface area contributed by atoms with Crippen LogP contribution in [0.1, 0.15) is 29.6 Å². The van der Waals surface area contributed by atoms with Gasteiger partial charge in [-0.2, -0.15) is 0 Å². The zero-order valence-corrected chi connectivity index (χ0v) is 8.78. The Labute approximate surface area is 90.5 Å². The number of hydrogen-bond acceptors (Lipinski definition) is 2. The van der Waals surface area contributed by atoms with Gasteiger partial charge in [0, 0.05) is 12.1 Å². The lowest BCUT2D eigenvalue weighted by Gasteiger charge is -2.01. The van der Waals surface area contributed by atoms with Gasteiger partial charge < -0.3 is 11.5 Å². The van der Waals surface area contributed by atoms with E-state index in [1.807, 2.05) is 12.1 Å². The summed E-state index contributed by atoms with van der Waals surface area (Å²) in [7, 11) is 0. The van der Waals surface area contributed by atoms with Crippen molar-refractivity contribution in [3.63, 3.8) is 0 Å². The molecule has 2 atom stereocenters. The minimum atomic E-state index is 0. The lowest BCUT2D eigenvalue weighted by Crippen LogP contribution is -2.08. The van der Waals surface area contributed by atoms with Crippen molar-refractivity contribution in [2.45, 2.75) is 18.5 Å². The molecule has 0 bridgehead atoms. The maximum Gasteiger partial charge on any atom is 0.0316 e. The quantitative estimate of drug-likeness (QED) is 0.703. The molecule has 4 heteroatoms. The van der Waals surface area contributed by atoms with Crippen molar-refractivity contribution < 1.29 is 0 Å². The summed E-state index contributed by atoms with van der Waals surface area (Å²) in [4.78, 5) is 0. The fraction of sp³-hybridized carbons (Fsp3) is 0.333. The Hall–Kier alpha value is -0.280. The van der Waals surface area contributed by atoms with Crippen molar-refractivity contribution in [1.82, 2.24) is 0 Å². The highest BCUT2D eigenvalue weighted by Gasteiger charge is 2.24. The van der Waals surface area contributed by atoms with Crippen molar-refractivity contribution in [2.75, 3.05) is 0 Å². The van der Waals surface area contributed by atoms with E-state index in [-0.39, 0.29) is 36.9 Å². The highest BCUT2D eigenvalue weighted by Crippen LogP contribution is 2.34. The molecule has 0 fully saturated rings. The Kier molecular flexibility index (Phi) is 4.71. The SMILES string of the molecule is Cl.Cl.NC1CC(N)c2ccccc21. The molecular formula is C9H14Cl2N2. The maximum absolute atomic E-state index is 5.86. The monoisotopic (exact) mass is 220 g/mol. The number of benzene rings is 1. The fourth-order valence-corrected chi connectivity index (χ4v) is 1.71. The molecule has 0 amide bonds. The summed E-state index contributed by atoms with van der Waals surface area (Å²) < 4.78 is 0. The van der Waals surface area contributed by atoms with Crippen LogP contribution in [0.25, 0.3) is 0 Å². The highest BCUT2D eigenvalue weighted by molar-refractivity contribution is 5.85. The zero-order chi connectivity index (χ0) is 7.84. The summed E-state index contributed by atoms with van der Waals surface area (Å²) in [6, 6.07) is 8.45. The van der Waals surface area contributed by atoms with Crippen LogP contribution in [0.5, 0.6) is 0 Å². The molecule has 0 aromatic heterocycles. The number of fused-ring (bicyclic) bond motifs is 1. The largest absolute Gasteiger partial charge is 0.324 e. The molecular weight excluding hydrogens is 207 g/mol. The van der Waals surface area contributed by atoms with E-state index in [4.69, 9.17) is 11.5 Å². The van der Waals surface area contributed by atoms with Crippen LogP contribution < -0.4 is 11.5 Å². The van der Waals surface area contributed by atoms with Crippen LogP contribution in [0.2, 0.25) is 0 Å². The molecule has 1 aromatic carbocycles. The third-order valence-electron chi connectivity index (χ3n) is 2.30. The van der Waals surface area contributed by atoms with Gasteiger partial charge in [-0.25, -0.2) is 0 Å². The van der Waals surface area contributed by atoms with E-state index >= 15 is 0 Å². The molecule has 1 aromatic rings. The molecule has 0 saturated carbocycles. The zero-order valence-electron chi connectivity index (χ0n) is 7.14. The topological polar surface area (TPSA) is 52.0 Å². The lowest BCUT2D eigenvalue weighted by atomic mass is 10.1. The normalized spacial score (nSPS) is 24.2. The third kappa shape index (κ3) is 2.15. The van der Waals surface area contributed by atoms with Crippen LogP contribution in [-0.2, 0) is 0 Å². The molecule has 0 aliphatic heterocycles. The van der Waals surface area contributed by atoms with Crippen molar-refractivity contribution in [1.29, 1.82) is 0 Å². The van der Waals surface area contributed by atoms with Crippen molar-refractivity contribution in [3.8, 4) is 0 Å². The molecule has 0 heterocycles. The third-order valence-corrected chi connectivity index (χ3v) is 2.30. The maximum atomic E-state index is 5.86. The molecule has 4 N–H and O–H groups in total. The fourth-order valence-electron chi connectivity index (χ4n) is 1.71. The van der Waals surface area contributed by atoms with Crippen LogP contribution in [0.15, 0.2) is 24.3 Å². The van der Waals surface area contributed by atoms with E-state index in [9.17, 15) is 0 Å². The predicted octanol–water partition coefficient (Wildman–Crippen LogP) is 1.93. The first-order valence-electron chi connectivity index (χ1n) is 3.89. The second kappa shape index (κ2) is 4.82. The van der Waals surface area contributed by atoms with E-state index in [1.54, 1.807) is 0 Å². The lowest BCUT2D eigenvalue weighted by molar-refractivity contribution is 0.621. The van der Waals surface area contributed by atoms with Gasteiger partial charge in [-0.3, -0.25) is 0 Å². The van der Waals surface area contributed by atoms with Gasteiger partial charge in [0.1, 0.15) is 0 Å². The Bertz CT molecular complexity index is 251. The first kappa shape index (κ1) is 12.7. The average Bonchev–Trinajstić information content (AvgIpc) is 2.30. The number of halogens is 2. The molecule has 0 saturated heterocycles. The molecule has 1 aliphatic rings. The van der Waals surface area contributed by atoms with E-state index in [0.29, 0.717) is 0 Å². The summed E-state index contributed by atoms with van der Waals surface area (Å²) in [6.45, 7) is 0. The van der Waals surface area contributed by atoms with Crippen LogP contribution >= 0.6 is 24.8 Å². The molecule has 2 nitrogen and oxygen atoms in total. The van der Waals surface area contributed by atoms with Crippen LogP contribution in [0, 0.1) is 0 Å². The van der Waals surface area contributed by atoms with Gasteiger partial charge in [0.05, 0.1) is 0 Å². The number of hydrogen-bond donors (Lipinski definition) is 2. The molecule has 2 unspecified atom stereocenters. The van der Waals surface area contributed by atoms with E-state index in [1.165, 1.54) is 11.1 Å². The average molecular weight is 221 g/mol. The van der Waals surface area contributed by atoms with E-state index < -0.39 is 0 Å². The van der Waals surface area contributed by atoms with Gasteiger partial charge in [-0.05, 0) is 17.5 Å². The van der Waals surface area contributed by atoms with Gasteiger partial charge in [-0.1, -0.05) is 24.3 Å². The smallest absolute Gasteiger partial charge is 0.0316 e. The Morgan fingerprint density at radius 3 is 1.69 bits per heavy atom. The summed E-state index contributed by atoms with van der Waals surface area (Å²) in [6.07, 6.45) is 0.888. The molecule has 13 heavy (non-hydrogen) atoms. The summed E-state index contributed by atoms with van der Waals surface area (Å²) in [5, 5.41) is 0. The van der Waals surface area contributed by atoms with Gasteiger partial charge in [0.2, 0.25) is 0 Å². The van der Waals surface area contributed by atoms with Crippen LogP contribution in [-0.4, -0.2) is 0 Å². The van der Waals surface area contributed by atoms with Gasteiger partial charge in [0.25, 0.3) is 0 Å². The van der Waals surface area contributed by atoms with Crippen molar-refractivity contribution >= 4 is 24.8 Å². The Balaban J connectivity index is 0.000000720. The second-order valence-corrected chi connectivity index (χ2v) is 3.08. The molecule has 2 rings (SSSR count). The summed E-state index contributed by atoms with van der Waals surface area (Å²) >= 11 is 0. The molecule has 74 valence electrons. The van der Waals surface area contributed by atoms with Gasteiger partial charge in [0.15, 0.2) is 0 Å².